The number of piperazine rings is 1. The molecule has 2 aliphatic heterocycles. The van der Waals surface area contributed by atoms with Gasteiger partial charge in [-0.15, -0.1) is 0 Å². The molecule has 2 aliphatic rings. The van der Waals surface area contributed by atoms with Crippen LogP contribution in [0.4, 0.5) is 5.82 Å². The van der Waals surface area contributed by atoms with Crippen LogP contribution in [0.15, 0.2) is 24.4 Å². The molecule has 20 heavy (non-hydrogen) atoms. The minimum Gasteiger partial charge on any atom is -0.354 e. The van der Waals surface area contributed by atoms with Crippen molar-refractivity contribution in [3.8, 4) is 0 Å². The molecule has 2 fully saturated rings. The van der Waals surface area contributed by atoms with Crippen LogP contribution in [0.25, 0.3) is 0 Å². The van der Waals surface area contributed by atoms with Crippen LogP contribution < -0.4 is 4.90 Å². The number of rotatable bonds is 3. The van der Waals surface area contributed by atoms with Crippen LogP contribution in [0.2, 0.25) is 0 Å². The van der Waals surface area contributed by atoms with Gasteiger partial charge in [-0.05, 0) is 38.6 Å². The summed E-state index contributed by atoms with van der Waals surface area (Å²) < 4.78 is 0. The van der Waals surface area contributed by atoms with Crippen LogP contribution in [0.1, 0.15) is 19.3 Å². The van der Waals surface area contributed by atoms with Gasteiger partial charge < -0.3 is 9.80 Å². The predicted molar refractivity (Wildman–Crippen MR) is 83.2 cm³/mol. The molecule has 0 saturated carbocycles. The third-order valence-corrected chi connectivity index (χ3v) is 4.74. The second-order valence-corrected chi connectivity index (χ2v) is 6.11. The van der Waals surface area contributed by atoms with Crippen molar-refractivity contribution in [1.29, 1.82) is 0 Å². The molecule has 0 aliphatic carbocycles. The van der Waals surface area contributed by atoms with E-state index in [4.69, 9.17) is 0 Å². The molecule has 3 rings (SSSR count). The van der Waals surface area contributed by atoms with E-state index in [1.807, 2.05) is 12.3 Å². The molecule has 0 amide bonds. The van der Waals surface area contributed by atoms with Gasteiger partial charge in [0.15, 0.2) is 0 Å². The Hall–Kier alpha value is -1.13. The first-order valence-electron chi connectivity index (χ1n) is 7.91. The number of anilines is 1. The molecular weight excluding hydrogens is 248 g/mol. The van der Waals surface area contributed by atoms with E-state index < -0.39 is 0 Å². The van der Waals surface area contributed by atoms with Crippen LogP contribution in [-0.2, 0) is 0 Å². The molecule has 1 atom stereocenters. The second-order valence-electron chi connectivity index (χ2n) is 6.11. The maximum absolute atomic E-state index is 4.45. The summed E-state index contributed by atoms with van der Waals surface area (Å²) >= 11 is 0. The standard InChI is InChI=1S/C16H26N4/c1-18-9-5-3-6-15(18)14-19-10-12-20(13-11-19)16-7-2-4-8-17-16/h2,4,7-8,15H,3,5-6,9-14H2,1H3/t15-/m0/s1. The Morgan fingerprint density at radius 2 is 1.95 bits per heavy atom. The Bertz CT molecular complexity index is 400. The van der Waals surface area contributed by atoms with Crippen LogP contribution >= 0.6 is 0 Å². The lowest BCUT2D eigenvalue weighted by molar-refractivity contribution is 0.124. The fourth-order valence-corrected chi connectivity index (χ4v) is 3.37. The lowest BCUT2D eigenvalue weighted by Gasteiger charge is -2.40. The first-order chi connectivity index (χ1) is 9.83. The van der Waals surface area contributed by atoms with Crippen molar-refractivity contribution in [2.24, 2.45) is 0 Å². The van der Waals surface area contributed by atoms with Gasteiger partial charge in [0.2, 0.25) is 0 Å². The summed E-state index contributed by atoms with van der Waals surface area (Å²) in [5.74, 6) is 1.13. The zero-order valence-corrected chi connectivity index (χ0v) is 12.5. The number of pyridine rings is 1. The zero-order valence-electron chi connectivity index (χ0n) is 12.5. The van der Waals surface area contributed by atoms with E-state index in [0.717, 1.165) is 24.9 Å². The molecular formula is C16H26N4. The maximum atomic E-state index is 4.45. The van der Waals surface area contributed by atoms with Gasteiger partial charge in [-0.3, -0.25) is 4.90 Å². The van der Waals surface area contributed by atoms with E-state index in [1.54, 1.807) is 0 Å². The summed E-state index contributed by atoms with van der Waals surface area (Å²) in [6, 6.07) is 6.94. The molecule has 2 saturated heterocycles. The molecule has 4 heteroatoms. The molecule has 0 unspecified atom stereocenters. The number of aromatic nitrogens is 1. The molecule has 0 bridgehead atoms. The van der Waals surface area contributed by atoms with Gasteiger partial charge in [0.05, 0.1) is 0 Å². The van der Waals surface area contributed by atoms with E-state index in [0.29, 0.717) is 0 Å². The number of piperidine rings is 1. The number of likely N-dealkylation sites (N-methyl/N-ethyl adjacent to an activating group) is 1. The first-order valence-corrected chi connectivity index (χ1v) is 7.91. The van der Waals surface area contributed by atoms with Gasteiger partial charge >= 0.3 is 0 Å². The summed E-state index contributed by atoms with van der Waals surface area (Å²) in [5, 5.41) is 0. The highest BCUT2D eigenvalue weighted by Crippen LogP contribution is 2.18. The Morgan fingerprint density at radius 3 is 2.65 bits per heavy atom. The third-order valence-electron chi connectivity index (χ3n) is 4.74. The van der Waals surface area contributed by atoms with E-state index in [1.165, 1.54) is 45.4 Å². The summed E-state index contributed by atoms with van der Waals surface area (Å²) in [5.41, 5.74) is 0. The van der Waals surface area contributed by atoms with Gasteiger partial charge in [-0.2, -0.15) is 0 Å². The second kappa shape index (κ2) is 6.55. The Morgan fingerprint density at radius 1 is 1.10 bits per heavy atom. The number of likely N-dealkylation sites (tertiary alicyclic amines) is 1. The molecule has 3 heterocycles. The Balaban J connectivity index is 1.49. The SMILES string of the molecule is CN1CCCC[C@H]1CN1CCN(c2ccccn2)CC1. The molecule has 0 N–H and O–H groups in total. The summed E-state index contributed by atoms with van der Waals surface area (Å²) in [7, 11) is 2.29. The highest BCUT2D eigenvalue weighted by molar-refractivity contribution is 5.38. The van der Waals surface area contributed by atoms with Crippen molar-refractivity contribution in [2.75, 3.05) is 51.2 Å². The van der Waals surface area contributed by atoms with Crippen molar-refractivity contribution < 1.29 is 0 Å². The summed E-state index contributed by atoms with van der Waals surface area (Å²) in [4.78, 5) is 12.0. The number of nitrogens with zero attached hydrogens (tertiary/aromatic N) is 4. The van der Waals surface area contributed by atoms with E-state index in [-0.39, 0.29) is 0 Å². The average Bonchev–Trinajstić information content (AvgIpc) is 2.51. The van der Waals surface area contributed by atoms with Crippen LogP contribution in [-0.4, -0.2) is 67.1 Å². The Kier molecular flexibility index (Phi) is 4.53. The monoisotopic (exact) mass is 274 g/mol. The van der Waals surface area contributed by atoms with Gasteiger partial charge in [-0.1, -0.05) is 12.5 Å². The van der Waals surface area contributed by atoms with Crippen molar-refractivity contribution in [3.63, 3.8) is 0 Å². The topological polar surface area (TPSA) is 22.6 Å². The quantitative estimate of drug-likeness (QED) is 0.836. The van der Waals surface area contributed by atoms with E-state index in [2.05, 4.69) is 38.9 Å². The minimum atomic E-state index is 0.769. The minimum absolute atomic E-state index is 0.769. The lowest BCUT2D eigenvalue weighted by Crippen LogP contribution is -2.52. The fraction of sp³-hybridized carbons (Fsp3) is 0.688. The predicted octanol–water partition coefficient (Wildman–Crippen LogP) is 1.69. The Labute approximate surface area is 122 Å². The third kappa shape index (κ3) is 3.30. The van der Waals surface area contributed by atoms with Gasteiger partial charge in [0.25, 0.3) is 0 Å². The van der Waals surface area contributed by atoms with Crippen molar-refractivity contribution in [3.05, 3.63) is 24.4 Å². The molecule has 0 aromatic carbocycles. The van der Waals surface area contributed by atoms with Crippen molar-refractivity contribution in [2.45, 2.75) is 25.3 Å². The largest absolute Gasteiger partial charge is 0.354 e. The van der Waals surface area contributed by atoms with Crippen molar-refractivity contribution >= 4 is 5.82 Å². The molecule has 0 radical (unpaired) electrons. The molecule has 0 spiro atoms. The smallest absolute Gasteiger partial charge is 0.128 e. The number of hydrogen-bond acceptors (Lipinski definition) is 4. The van der Waals surface area contributed by atoms with Crippen LogP contribution in [0, 0.1) is 0 Å². The average molecular weight is 274 g/mol. The molecule has 1 aromatic heterocycles. The van der Waals surface area contributed by atoms with Gasteiger partial charge in [0, 0.05) is 45.0 Å². The summed E-state index contributed by atoms with van der Waals surface area (Å²) in [6.07, 6.45) is 6.04. The van der Waals surface area contributed by atoms with Crippen molar-refractivity contribution in [1.82, 2.24) is 14.8 Å². The fourth-order valence-electron chi connectivity index (χ4n) is 3.37. The van der Waals surface area contributed by atoms with Gasteiger partial charge in [-0.25, -0.2) is 4.98 Å². The highest BCUT2D eigenvalue weighted by atomic mass is 15.3. The first kappa shape index (κ1) is 13.8. The molecule has 4 nitrogen and oxygen atoms in total. The summed E-state index contributed by atoms with van der Waals surface area (Å²) in [6.45, 7) is 7.06. The van der Waals surface area contributed by atoms with Gasteiger partial charge in [0.1, 0.15) is 5.82 Å². The maximum Gasteiger partial charge on any atom is 0.128 e. The molecule has 110 valence electrons. The van der Waals surface area contributed by atoms with E-state index in [9.17, 15) is 0 Å². The lowest BCUT2D eigenvalue weighted by atomic mass is 10.0. The normalized spacial score (nSPS) is 25.9. The van der Waals surface area contributed by atoms with Crippen LogP contribution in [0.3, 0.4) is 0 Å². The number of hydrogen-bond donors (Lipinski definition) is 0. The zero-order chi connectivity index (χ0) is 13.8. The van der Waals surface area contributed by atoms with E-state index >= 15 is 0 Å². The highest BCUT2D eigenvalue weighted by Gasteiger charge is 2.24. The molecule has 1 aromatic rings. The van der Waals surface area contributed by atoms with Crippen LogP contribution in [0.5, 0.6) is 0 Å².